The van der Waals surface area contributed by atoms with Crippen LogP contribution in [-0.4, -0.2) is 36.5 Å². The molecule has 116 valence electrons. The van der Waals surface area contributed by atoms with Crippen LogP contribution in [0.2, 0.25) is 0 Å². The lowest BCUT2D eigenvalue weighted by Crippen LogP contribution is -2.32. The monoisotopic (exact) mass is 291 g/mol. The first-order valence-electron chi connectivity index (χ1n) is 7.73. The van der Waals surface area contributed by atoms with Gasteiger partial charge >= 0.3 is 0 Å². The van der Waals surface area contributed by atoms with Crippen LogP contribution in [0.15, 0.2) is 24.3 Å². The third-order valence-corrected chi connectivity index (χ3v) is 4.44. The summed E-state index contributed by atoms with van der Waals surface area (Å²) in [4.78, 5) is 13.1. The predicted octanol–water partition coefficient (Wildman–Crippen LogP) is 2.98. The maximum atomic E-state index is 11.1. The van der Waals surface area contributed by atoms with Crippen molar-refractivity contribution in [3.05, 3.63) is 39.9 Å². The van der Waals surface area contributed by atoms with E-state index in [-0.39, 0.29) is 16.7 Å². The van der Waals surface area contributed by atoms with Crippen molar-refractivity contribution in [3.8, 4) is 0 Å². The first-order valence-corrected chi connectivity index (χ1v) is 7.73. The summed E-state index contributed by atoms with van der Waals surface area (Å²) >= 11 is 0. The van der Waals surface area contributed by atoms with Gasteiger partial charge in [0.2, 0.25) is 0 Å². The van der Waals surface area contributed by atoms with Gasteiger partial charge in [0.05, 0.1) is 4.92 Å². The van der Waals surface area contributed by atoms with Crippen molar-refractivity contribution in [1.82, 2.24) is 10.2 Å². The second kappa shape index (κ2) is 7.52. The van der Waals surface area contributed by atoms with E-state index in [1.165, 1.54) is 25.9 Å². The second-order valence-electron chi connectivity index (χ2n) is 6.03. The Morgan fingerprint density at radius 3 is 2.71 bits per heavy atom. The second-order valence-corrected chi connectivity index (χ2v) is 6.03. The zero-order valence-corrected chi connectivity index (χ0v) is 12.9. The molecular weight excluding hydrogens is 266 g/mol. The summed E-state index contributed by atoms with van der Waals surface area (Å²) in [6.45, 7) is 5.29. The maximum Gasteiger partial charge on any atom is 0.274 e. The van der Waals surface area contributed by atoms with Crippen molar-refractivity contribution in [3.63, 3.8) is 0 Å². The van der Waals surface area contributed by atoms with Gasteiger partial charge in [0.1, 0.15) is 0 Å². The molecule has 0 saturated carbocycles. The van der Waals surface area contributed by atoms with Gasteiger partial charge in [-0.15, -0.1) is 0 Å². The van der Waals surface area contributed by atoms with Crippen LogP contribution in [0.4, 0.5) is 5.69 Å². The summed E-state index contributed by atoms with van der Waals surface area (Å²) in [6.07, 6.45) is 3.68. The van der Waals surface area contributed by atoms with E-state index >= 15 is 0 Å². The van der Waals surface area contributed by atoms with Crippen LogP contribution in [0.25, 0.3) is 0 Å². The Kier molecular flexibility index (Phi) is 5.70. The van der Waals surface area contributed by atoms with Crippen LogP contribution in [0.3, 0.4) is 0 Å². The predicted molar refractivity (Wildman–Crippen MR) is 84.4 cm³/mol. The Bertz CT molecular complexity index is 470. The molecule has 0 aliphatic carbocycles. The number of nitrogens with one attached hydrogen (secondary N) is 1. The molecule has 2 rings (SSSR count). The lowest BCUT2D eigenvalue weighted by Gasteiger charge is -2.29. The average Bonchev–Trinajstić information content (AvgIpc) is 2.49. The molecule has 1 heterocycles. The highest BCUT2D eigenvalue weighted by Crippen LogP contribution is 2.25. The van der Waals surface area contributed by atoms with Crippen molar-refractivity contribution in [2.45, 2.75) is 32.2 Å². The number of nitro benzene ring substituents is 1. The number of nitro groups is 1. The minimum atomic E-state index is -0.301. The standard InChI is InChI=1S/C16H25N3O2/c1-13(15-5-3-4-6-16(15)19(20)21)17-10-7-14-8-11-18(2)12-9-14/h3-6,13-14,17H,7-12H2,1-2H3. The van der Waals surface area contributed by atoms with Gasteiger partial charge in [0.15, 0.2) is 0 Å². The molecule has 1 aromatic rings. The third-order valence-electron chi connectivity index (χ3n) is 4.44. The van der Waals surface area contributed by atoms with E-state index < -0.39 is 0 Å². The Morgan fingerprint density at radius 2 is 2.05 bits per heavy atom. The molecule has 0 spiro atoms. The smallest absolute Gasteiger partial charge is 0.274 e. The highest BCUT2D eigenvalue weighted by atomic mass is 16.6. The highest BCUT2D eigenvalue weighted by Gasteiger charge is 2.19. The molecule has 21 heavy (non-hydrogen) atoms. The molecule has 5 heteroatoms. The zero-order chi connectivity index (χ0) is 15.2. The molecule has 1 aliphatic rings. The van der Waals surface area contributed by atoms with Crippen LogP contribution in [0.1, 0.15) is 37.8 Å². The molecule has 1 unspecified atom stereocenters. The molecule has 0 aromatic heterocycles. The number of likely N-dealkylation sites (tertiary alicyclic amines) is 1. The number of para-hydroxylation sites is 1. The average molecular weight is 291 g/mol. The number of benzene rings is 1. The molecule has 5 nitrogen and oxygen atoms in total. The molecule has 1 aliphatic heterocycles. The lowest BCUT2D eigenvalue weighted by molar-refractivity contribution is -0.385. The van der Waals surface area contributed by atoms with Gasteiger partial charge in [-0.2, -0.15) is 0 Å². The van der Waals surface area contributed by atoms with E-state index in [1.54, 1.807) is 12.1 Å². The Morgan fingerprint density at radius 1 is 1.38 bits per heavy atom. The number of nitrogens with zero attached hydrogens (tertiary/aromatic N) is 2. The van der Waals surface area contributed by atoms with Crippen LogP contribution >= 0.6 is 0 Å². The van der Waals surface area contributed by atoms with Crippen molar-refractivity contribution in [2.75, 3.05) is 26.7 Å². The highest BCUT2D eigenvalue weighted by molar-refractivity contribution is 5.41. The Hall–Kier alpha value is -1.46. The summed E-state index contributed by atoms with van der Waals surface area (Å²) in [5, 5.41) is 14.5. The number of piperidine rings is 1. The Labute approximate surface area is 126 Å². The molecule has 1 fully saturated rings. The molecule has 1 atom stereocenters. The van der Waals surface area contributed by atoms with E-state index in [0.29, 0.717) is 0 Å². The zero-order valence-electron chi connectivity index (χ0n) is 12.9. The fourth-order valence-electron chi connectivity index (χ4n) is 2.98. The van der Waals surface area contributed by atoms with E-state index in [1.807, 2.05) is 19.1 Å². The summed E-state index contributed by atoms with van der Waals surface area (Å²) in [5.41, 5.74) is 0.975. The molecule has 0 amide bonds. The van der Waals surface area contributed by atoms with Crippen molar-refractivity contribution < 1.29 is 4.92 Å². The van der Waals surface area contributed by atoms with Crippen LogP contribution < -0.4 is 5.32 Å². The number of hydrogen-bond donors (Lipinski definition) is 1. The minimum Gasteiger partial charge on any atom is -0.310 e. The lowest BCUT2D eigenvalue weighted by atomic mass is 9.93. The molecule has 0 bridgehead atoms. The molecular formula is C16H25N3O2. The van der Waals surface area contributed by atoms with Crippen molar-refractivity contribution in [1.29, 1.82) is 0 Å². The maximum absolute atomic E-state index is 11.1. The summed E-state index contributed by atoms with van der Waals surface area (Å²) in [7, 11) is 2.17. The van der Waals surface area contributed by atoms with Gasteiger partial charge in [-0.3, -0.25) is 10.1 Å². The largest absolute Gasteiger partial charge is 0.310 e. The number of hydrogen-bond acceptors (Lipinski definition) is 4. The first kappa shape index (κ1) is 15.9. The fourth-order valence-corrected chi connectivity index (χ4v) is 2.98. The molecule has 1 aromatic carbocycles. The molecule has 1 saturated heterocycles. The number of rotatable bonds is 6. The quantitative estimate of drug-likeness (QED) is 0.646. The Balaban J connectivity index is 1.82. The summed E-state index contributed by atoms with van der Waals surface area (Å²) < 4.78 is 0. The third kappa shape index (κ3) is 4.51. The normalized spacial score (nSPS) is 18.6. The van der Waals surface area contributed by atoms with E-state index in [9.17, 15) is 10.1 Å². The summed E-state index contributed by atoms with van der Waals surface area (Å²) in [6, 6.07) is 7.00. The molecule has 1 N–H and O–H groups in total. The van der Waals surface area contributed by atoms with Gasteiger partial charge in [-0.25, -0.2) is 0 Å². The van der Waals surface area contributed by atoms with Crippen molar-refractivity contribution in [2.24, 2.45) is 5.92 Å². The van der Waals surface area contributed by atoms with E-state index in [4.69, 9.17) is 0 Å². The van der Waals surface area contributed by atoms with Gasteiger partial charge in [0, 0.05) is 17.7 Å². The van der Waals surface area contributed by atoms with Gasteiger partial charge in [-0.05, 0) is 58.8 Å². The van der Waals surface area contributed by atoms with Crippen LogP contribution in [0.5, 0.6) is 0 Å². The molecule has 0 radical (unpaired) electrons. The first-order chi connectivity index (χ1) is 10.1. The fraction of sp³-hybridized carbons (Fsp3) is 0.625. The van der Waals surface area contributed by atoms with E-state index in [2.05, 4.69) is 17.3 Å². The summed E-state index contributed by atoms with van der Waals surface area (Å²) in [5.74, 6) is 0.784. The van der Waals surface area contributed by atoms with Gasteiger partial charge < -0.3 is 10.2 Å². The minimum absolute atomic E-state index is 0.0119. The van der Waals surface area contributed by atoms with Gasteiger partial charge in [-0.1, -0.05) is 18.2 Å². The SMILES string of the molecule is CC(NCCC1CCN(C)CC1)c1ccccc1[N+](=O)[O-]. The van der Waals surface area contributed by atoms with Crippen molar-refractivity contribution >= 4 is 5.69 Å². The van der Waals surface area contributed by atoms with E-state index in [0.717, 1.165) is 24.4 Å². The van der Waals surface area contributed by atoms with Gasteiger partial charge in [0.25, 0.3) is 5.69 Å². The van der Waals surface area contributed by atoms with Crippen LogP contribution in [-0.2, 0) is 0 Å². The van der Waals surface area contributed by atoms with Crippen LogP contribution in [0, 0.1) is 16.0 Å². The topological polar surface area (TPSA) is 58.4 Å².